The highest BCUT2D eigenvalue weighted by molar-refractivity contribution is 5.80. The highest BCUT2D eigenvalue weighted by Gasteiger charge is 2.32. The molecule has 0 unspecified atom stereocenters. The van der Waals surface area contributed by atoms with Gasteiger partial charge in [-0.05, 0) is 25.2 Å². The Hall–Kier alpha value is -0.530. The second-order valence-corrected chi connectivity index (χ2v) is 3.95. The first-order chi connectivity index (χ1) is 5.48. The molecule has 0 fully saturated rings. The van der Waals surface area contributed by atoms with Gasteiger partial charge in [-0.25, -0.2) is 0 Å². The van der Waals surface area contributed by atoms with Gasteiger partial charge < -0.3 is 5.73 Å². The van der Waals surface area contributed by atoms with E-state index in [1.165, 1.54) is 0 Å². The molecule has 0 spiro atoms. The van der Waals surface area contributed by atoms with Gasteiger partial charge in [0.2, 0.25) is 5.91 Å². The molecule has 0 heterocycles. The maximum atomic E-state index is 11.2. The van der Waals surface area contributed by atoms with Gasteiger partial charge in [-0.15, -0.1) is 0 Å². The molecule has 12 heavy (non-hydrogen) atoms. The van der Waals surface area contributed by atoms with E-state index < -0.39 is 0 Å². The fourth-order valence-electron chi connectivity index (χ4n) is 1.77. The first-order valence-electron chi connectivity index (χ1n) is 4.78. The number of carbonyl (C=O) groups is 1. The van der Waals surface area contributed by atoms with E-state index in [1.54, 1.807) is 0 Å². The Morgan fingerprint density at radius 2 is 1.75 bits per heavy atom. The summed E-state index contributed by atoms with van der Waals surface area (Å²) in [5, 5.41) is 0. The van der Waals surface area contributed by atoms with E-state index >= 15 is 0 Å². The van der Waals surface area contributed by atoms with E-state index in [-0.39, 0.29) is 11.3 Å². The molecule has 2 heteroatoms. The summed E-state index contributed by atoms with van der Waals surface area (Å²) in [6.07, 6.45) is 2.63. The second kappa shape index (κ2) is 4.48. The predicted octanol–water partition coefficient (Wildman–Crippen LogP) is 2.32. The van der Waals surface area contributed by atoms with Crippen LogP contribution in [0.5, 0.6) is 0 Å². The van der Waals surface area contributed by atoms with Gasteiger partial charge in [-0.2, -0.15) is 0 Å². The van der Waals surface area contributed by atoms with Crippen LogP contribution in [0.1, 0.15) is 47.0 Å². The lowest BCUT2D eigenvalue weighted by Crippen LogP contribution is -2.37. The first-order valence-corrected chi connectivity index (χ1v) is 4.78. The summed E-state index contributed by atoms with van der Waals surface area (Å²) < 4.78 is 0. The average Bonchev–Trinajstić information content (AvgIpc) is 1.99. The molecule has 0 aliphatic carbocycles. The van der Waals surface area contributed by atoms with E-state index in [1.807, 2.05) is 13.8 Å². The van der Waals surface area contributed by atoms with E-state index in [2.05, 4.69) is 13.8 Å². The molecule has 0 bridgehead atoms. The average molecular weight is 171 g/mol. The van der Waals surface area contributed by atoms with Gasteiger partial charge in [0.1, 0.15) is 0 Å². The predicted molar refractivity (Wildman–Crippen MR) is 51.7 cm³/mol. The fourth-order valence-corrected chi connectivity index (χ4v) is 1.77. The lowest BCUT2D eigenvalue weighted by atomic mass is 9.75. The van der Waals surface area contributed by atoms with Gasteiger partial charge in [0.15, 0.2) is 0 Å². The largest absolute Gasteiger partial charge is 0.369 e. The lowest BCUT2D eigenvalue weighted by molar-refractivity contribution is -0.129. The number of hydrogen-bond donors (Lipinski definition) is 1. The molecule has 0 saturated carbocycles. The summed E-state index contributed by atoms with van der Waals surface area (Å²) in [5.74, 6) is 0.401. The summed E-state index contributed by atoms with van der Waals surface area (Å²) in [7, 11) is 0. The molecule has 1 amide bonds. The van der Waals surface area contributed by atoms with Gasteiger partial charge in [0.05, 0.1) is 0 Å². The monoisotopic (exact) mass is 171 g/mol. The quantitative estimate of drug-likeness (QED) is 0.677. The summed E-state index contributed by atoms with van der Waals surface area (Å²) in [4.78, 5) is 11.2. The molecule has 0 aliphatic rings. The van der Waals surface area contributed by atoms with E-state index in [9.17, 15) is 4.79 Å². The minimum absolute atomic E-state index is 0.138. The first kappa shape index (κ1) is 11.5. The van der Waals surface area contributed by atoms with Crippen LogP contribution in [-0.2, 0) is 4.79 Å². The van der Waals surface area contributed by atoms with Crippen LogP contribution in [0.2, 0.25) is 0 Å². The molecular weight excluding hydrogens is 150 g/mol. The zero-order valence-electron chi connectivity index (χ0n) is 8.68. The second-order valence-electron chi connectivity index (χ2n) is 3.95. The van der Waals surface area contributed by atoms with Gasteiger partial charge in [-0.3, -0.25) is 4.79 Å². The van der Waals surface area contributed by atoms with Crippen molar-refractivity contribution >= 4 is 5.91 Å². The van der Waals surface area contributed by atoms with E-state index in [4.69, 9.17) is 5.73 Å². The summed E-state index contributed by atoms with van der Waals surface area (Å²) in [6.45, 7) is 8.33. The Morgan fingerprint density at radius 3 is 1.83 bits per heavy atom. The van der Waals surface area contributed by atoms with Crippen molar-refractivity contribution < 1.29 is 4.79 Å². The number of rotatable bonds is 5. The zero-order chi connectivity index (χ0) is 9.78. The fraction of sp³-hybridized carbons (Fsp3) is 0.900. The Morgan fingerprint density at radius 1 is 1.33 bits per heavy atom. The molecule has 2 nitrogen and oxygen atoms in total. The standard InChI is InChI=1S/C10H21NO/c1-5-10(6-2,9(11)12)7-8(3)4/h8H,5-7H2,1-4H3,(H2,11,12). The molecule has 0 aromatic heterocycles. The number of hydrogen-bond acceptors (Lipinski definition) is 1. The van der Waals surface area contributed by atoms with Gasteiger partial charge in [-0.1, -0.05) is 27.7 Å². The zero-order valence-corrected chi connectivity index (χ0v) is 8.68. The SMILES string of the molecule is CCC(CC)(CC(C)C)C(N)=O. The van der Waals surface area contributed by atoms with Gasteiger partial charge >= 0.3 is 0 Å². The van der Waals surface area contributed by atoms with Crippen molar-refractivity contribution in [3.05, 3.63) is 0 Å². The molecule has 0 aliphatic heterocycles. The van der Waals surface area contributed by atoms with Crippen LogP contribution in [0.3, 0.4) is 0 Å². The van der Waals surface area contributed by atoms with E-state index in [0.29, 0.717) is 5.92 Å². The van der Waals surface area contributed by atoms with Gasteiger partial charge in [0.25, 0.3) is 0 Å². The third kappa shape index (κ3) is 2.50. The molecule has 2 N–H and O–H groups in total. The summed E-state index contributed by atoms with van der Waals surface area (Å²) >= 11 is 0. The van der Waals surface area contributed by atoms with Crippen LogP contribution in [0, 0.1) is 11.3 Å². The minimum Gasteiger partial charge on any atom is -0.369 e. The molecule has 72 valence electrons. The topological polar surface area (TPSA) is 43.1 Å². The maximum Gasteiger partial charge on any atom is 0.223 e. The Bertz CT molecular complexity index is 148. The van der Waals surface area contributed by atoms with Crippen molar-refractivity contribution in [2.24, 2.45) is 17.1 Å². The maximum absolute atomic E-state index is 11.2. The highest BCUT2D eigenvalue weighted by Crippen LogP contribution is 2.33. The molecule has 0 aromatic rings. The van der Waals surface area contributed by atoms with Crippen LogP contribution < -0.4 is 5.73 Å². The van der Waals surface area contributed by atoms with Crippen molar-refractivity contribution in [1.82, 2.24) is 0 Å². The van der Waals surface area contributed by atoms with Gasteiger partial charge in [0, 0.05) is 5.41 Å². The summed E-state index contributed by atoms with van der Waals surface area (Å²) in [6, 6.07) is 0. The smallest absolute Gasteiger partial charge is 0.223 e. The Labute approximate surface area is 75.5 Å². The molecule has 0 aromatic carbocycles. The Kier molecular flexibility index (Phi) is 4.29. The molecule has 0 atom stereocenters. The van der Waals surface area contributed by atoms with Crippen molar-refractivity contribution in [3.63, 3.8) is 0 Å². The third-order valence-electron chi connectivity index (χ3n) is 2.68. The van der Waals surface area contributed by atoms with Crippen molar-refractivity contribution in [3.8, 4) is 0 Å². The van der Waals surface area contributed by atoms with Crippen molar-refractivity contribution in [2.75, 3.05) is 0 Å². The van der Waals surface area contributed by atoms with Crippen LogP contribution in [0.4, 0.5) is 0 Å². The Balaban J connectivity index is 4.46. The molecule has 0 saturated heterocycles. The highest BCUT2D eigenvalue weighted by atomic mass is 16.1. The number of primary amides is 1. The van der Waals surface area contributed by atoms with Crippen molar-refractivity contribution in [2.45, 2.75) is 47.0 Å². The molecule has 0 rings (SSSR count). The summed E-state index contributed by atoms with van der Waals surface area (Å²) in [5.41, 5.74) is 5.15. The number of nitrogens with two attached hydrogens (primary N) is 1. The van der Waals surface area contributed by atoms with Crippen molar-refractivity contribution in [1.29, 1.82) is 0 Å². The van der Waals surface area contributed by atoms with Crippen LogP contribution in [-0.4, -0.2) is 5.91 Å². The number of carbonyl (C=O) groups excluding carboxylic acids is 1. The third-order valence-corrected chi connectivity index (χ3v) is 2.68. The minimum atomic E-state index is -0.256. The lowest BCUT2D eigenvalue weighted by Gasteiger charge is -2.29. The van der Waals surface area contributed by atoms with Crippen LogP contribution in [0.25, 0.3) is 0 Å². The number of amides is 1. The van der Waals surface area contributed by atoms with Crippen LogP contribution >= 0.6 is 0 Å². The normalized spacial score (nSPS) is 12.1. The molecule has 0 radical (unpaired) electrons. The van der Waals surface area contributed by atoms with E-state index in [0.717, 1.165) is 19.3 Å². The van der Waals surface area contributed by atoms with Crippen LogP contribution in [0.15, 0.2) is 0 Å². The molecular formula is C10H21NO.